The molecule has 1 saturated heterocycles. The average Bonchev–Trinajstić information content (AvgIpc) is 3.27. The van der Waals surface area contributed by atoms with Gasteiger partial charge < -0.3 is 9.47 Å². The van der Waals surface area contributed by atoms with Crippen molar-refractivity contribution < 1.29 is 27.1 Å². The number of nitrogens with zero attached hydrogens (tertiary/aromatic N) is 2. The van der Waals surface area contributed by atoms with Crippen molar-refractivity contribution in [2.45, 2.75) is 11.5 Å². The van der Waals surface area contributed by atoms with E-state index in [9.17, 15) is 17.6 Å². The molecule has 0 aliphatic carbocycles. The second-order valence-corrected chi connectivity index (χ2v) is 9.57. The van der Waals surface area contributed by atoms with Crippen LogP contribution in [-0.4, -0.2) is 50.0 Å². The molecular formula is C21H19FN2O5S2. The van der Waals surface area contributed by atoms with E-state index in [0.29, 0.717) is 23.9 Å². The van der Waals surface area contributed by atoms with E-state index in [1.807, 2.05) is 0 Å². The minimum absolute atomic E-state index is 0.0381. The molecule has 3 aromatic rings. The largest absolute Gasteiger partial charge is 0.456 e. The summed E-state index contributed by atoms with van der Waals surface area (Å²) in [6, 6.07) is 11.8. The highest BCUT2D eigenvalue weighted by Crippen LogP contribution is 2.24. The summed E-state index contributed by atoms with van der Waals surface area (Å²) < 4.78 is 50.5. The van der Waals surface area contributed by atoms with E-state index >= 15 is 0 Å². The van der Waals surface area contributed by atoms with E-state index in [4.69, 9.17) is 9.47 Å². The van der Waals surface area contributed by atoms with Gasteiger partial charge in [-0.1, -0.05) is 6.07 Å². The summed E-state index contributed by atoms with van der Waals surface area (Å²) in [5, 5.41) is 2.44. The summed E-state index contributed by atoms with van der Waals surface area (Å²) >= 11 is 1.36. The molecular weight excluding hydrogens is 443 g/mol. The number of halogens is 1. The highest BCUT2D eigenvalue weighted by Gasteiger charge is 2.27. The second kappa shape index (κ2) is 9.23. The Hall–Kier alpha value is -2.66. The van der Waals surface area contributed by atoms with Gasteiger partial charge in [-0.25, -0.2) is 22.6 Å². The Bertz CT molecular complexity index is 1170. The normalized spacial score (nSPS) is 15.0. The first-order valence-electron chi connectivity index (χ1n) is 9.49. The second-order valence-electron chi connectivity index (χ2n) is 6.77. The molecule has 1 aliphatic heterocycles. The van der Waals surface area contributed by atoms with Crippen LogP contribution in [-0.2, 0) is 26.1 Å². The van der Waals surface area contributed by atoms with Gasteiger partial charge in [0.05, 0.1) is 29.4 Å². The topological polar surface area (TPSA) is 85.8 Å². The van der Waals surface area contributed by atoms with Crippen LogP contribution in [0.25, 0.3) is 10.6 Å². The first-order chi connectivity index (χ1) is 14.9. The van der Waals surface area contributed by atoms with Crippen LogP contribution in [0.5, 0.6) is 0 Å². The molecule has 4 rings (SSSR count). The van der Waals surface area contributed by atoms with E-state index in [1.165, 1.54) is 52.0 Å². The maximum atomic E-state index is 13.1. The number of hydrogen-bond acceptors (Lipinski definition) is 7. The number of sulfonamides is 1. The van der Waals surface area contributed by atoms with Crippen molar-refractivity contribution in [2.75, 3.05) is 26.3 Å². The molecule has 0 radical (unpaired) electrons. The predicted molar refractivity (Wildman–Crippen MR) is 113 cm³/mol. The van der Waals surface area contributed by atoms with Crippen LogP contribution in [0.15, 0.2) is 58.8 Å². The number of aromatic nitrogens is 1. The molecule has 1 aliphatic rings. The lowest BCUT2D eigenvalue weighted by Gasteiger charge is -2.26. The molecule has 2 heterocycles. The molecule has 0 atom stereocenters. The maximum absolute atomic E-state index is 13.1. The molecule has 7 nitrogen and oxygen atoms in total. The molecule has 0 spiro atoms. The number of carbonyl (C=O) groups is 1. The molecule has 0 saturated carbocycles. The molecule has 0 unspecified atom stereocenters. The third kappa shape index (κ3) is 4.99. The van der Waals surface area contributed by atoms with Crippen molar-refractivity contribution in [1.29, 1.82) is 0 Å². The molecule has 162 valence electrons. The van der Waals surface area contributed by atoms with Gasteiger partial charge in [0.15, 0.2) is 0 Å². The quantitative estimate of drug-likeness (QED) is 0.523. The van der Waals surface area contributed by atoms with Gasteiger partial charge in [-0.2, -0.15) is 4.31 Å². The average molecular weight is 463 g/mol. The summed E-state index contributed by atoms with van der Waals surface area (Å²) in [6.45, 7) is 1.18. The summed E-state index contributed by atoms with van der Waals surface area (Å²) in [5.41, 5.74) is 1.46. The number of rotatable bonds is 6. The van der Waals surface area contributed by atoms with Crippen molar-refractivity contribution in [1.82, 2.24) is 9.29 Å². The fraction of sp³-hybridized carbons (Fsp3) is 0.238. The molecule has 0 bridgehead atoms. The van der Waals surface area contributed by atoms with Gasteiger partial charge in [0.1, 0.15) is 17.4 Å². The molecule has 0 amide bonds. The number of carbonyl (C=O) groups excluding carboxylic acids is 1. The molecule has 0 N–H and O–H groups in total. The van der Waals surface area contributed by atoms with Crippen molar-refractivity contribution in [2.24, 2.45) is 0 Å². The van der Waals surface area contributed by atoms with Crippen LogP contribution in [0.4, 0.5) is 4.39 Å². The summed E-state index contributed by atoms with van der Waals surface area (Å²) in [5.74, 6) is -0.970. The van der Waals surface area contributed by atoms with Crippen molar-refractivity contribution in [3.8, 4) is 10.6 Å². The van der Waals surface area contributed by atoms with Gasteiger partial charge in [0, 0.05) is 24.0 Å². The highest BCUT2D eigenvalue weighted by molar-refractivity contribution is 7.89. The minimum atomic E-state index is -3.71. The Labute approximate surface area is 183 Å². The lowest BCUT2D eigenvalue weighted by molar-refractivity contribution is 0.0468. The Morgan fingerprint density at radius 1 is 1.16 bits per heavy atom. The van der Waals surface area contributed by atoms with Crippen LogP contribution in [0.2, 0.25) is 0 Å². The molecule has 31 heavy (non-hydrogen) atoms. The van der Waals surface area contributed by atoms with Gasteiger partial charge in [-0.3, -0.25) is 0 Å². The zero-order chi connectivity index (χ0) is 21.8. The van der Waals surface area contributed by atoms with Gasteiger partial charge >= 0.3 is 5.97 Å². The smallest absolute Gasteiger partial charge is 0.338 e. The Kier molecular flexibility index (Phi) is 6.42. The zero-order valence-corrected chi connectivity index (χ0v) is 18.0. The van der Waals surface area contributed by atoms with Crippen LogP contribution in [0.3, 0.4) is 0 Å². The Morgan fingerprint density at radius 2 is 1.90 bits per heavy atom. The van der Waals surface area contributed by atoms with E-state index < -0.39 is 16.0 Å². The Morgan fingerprint density at radius 3 is 2.65 bits per heavy atom. The number of morpholine rings is 1. The van der Waals surface area contributed by atoms with E-state index in [1.54, 1.807) is 17.5 Å². The third-order valence-electron chi connectivity index (χ3n) is 4.67. The van der Waals surface area contributed by atoms with Crippen molar-refractivity contribution >= 4 is 27.3 Å². The monoisotopic (exact) mass is 462 g/mol. The summed E-state index contributed by atoms with van der Waals surface area (Å²) in [6.07, 6.45) is 0. The first kappa shape index (κ1) is 21.6. The van der Waals surface area contributed by atoms with Crippen LogP contribution >= 0.6 is 11.3 Å². The molecule has 1 aromatic heterocycles. The first-order valence-corrected chi connectivity index (χ1v) is 11.8. The van der Waals surface area contributed by atoms with E-state index in [2.05, 4.69) is 4.98 Å². The van der Waals surface area contributed by atoms with Gasteiger partial charge in [0.2, 0.25) is 10.0 Å². The summed E-state index contributed by atoms with van der Waals surface area (Å²) in [7, 11) is -3.71. The predicted octanol–water partition coefficient (Wildman–Crippen LogP) is 3.33. The van der Waals surface area contributed by atoms with Crippen molar-refractivity contribution in [3.63, 3.8) is 0 Å². The summed E-state index contributed by atoms with van der Waals surface area (Å²) in [4.78, 5) is 16.9. The highest BCUT2D eigenvalue weighted by atomic mass is 32.2. The standard InChI is InChI=1S/C21H19FN2O5S2/c22-17-6-4-15(5-7-17)20-23-18(14-30-20)13-29-21(25)16-2-1-3-19(12-16)31(26,27)24-8-10-28-11-9-24/h1-7,12,14H,8-11,13H2. The van der Waals surface area contributed by atoms with E-state index in [-0.39, 0.29) is 36.0 Å². The molecule has 10 heteroatoms. The fourth-order valence-electron chi connectivity index (χ4n) is 3.04. The Balaban J connectivity index is 1.42. The lowest BCUT2D eigenvalue weighted by Crippen LogP contribution is -2.40. The lowest BCUT2D eigenvalue weighted by atomic mass is 10.2. The van der Waals surface area contributed by atoms with E-state index in [0.717, 1.165) is 5.56 Å². The number of hydrogen-bond donors (Lipinski definition) is 0. The van der Waals surface area contributed by atoms with Crippen LogP contribution in [0.1, 0.15) is 16.1 Å². The molecule has 1 fully saturated rings. The van der Waals surface area contributed by atoms with Gasteiger partial charge in [-0.05, 0) is 42.5 Å². The molecule has 2 aromatic carbocycles. The zero-order valence-electron chi connectivity index (χ0n) is 16.4. The minimum Gasteiger partial charge on any atom is -0.456 e. The van der Waals surface area contributed by atoms with Crippen LogP contribution in [0, 0.1) is 5.82 Å². The van der Waals surface area contributed by atoms with Crippen molar-refractivity contribution in [3.05, 3.63) is 71.0 Å². The number of ether oxygens (including phenoxy) is 2. The number of esters is 1. The SMILES string of the molecule is O=C(OCc1csc(-c2ccc(F)cc2)n1)c1cccc(S(=O)(=O)N2CCOCC2)c1. The fourth-order valence-corrected chi connectivity index (χ4v) is 5.31. The number of thiazole rings is 1. The van der Waals surface area contributed by atoms with Crippen LogP contribution < -0.4 is 0 Å². The van der Waals surface area contributed by atoms with Gasteiger partial charge in [-0.15, -0.1) is 11.3 Å². The van der Waals surface area contributed by atoms with Gasteiger partial charge in [0.25, 0.3) is 0 Å². The maximum Gasteiger partial charge on any atom is 0.338 e. The number of benzene rings is 2. The third-order valence-corrected chi connectivity index (χ3v) is 7.51.